The lowest BCUT2D eigenvalue weighted by atomic mass is 9.84. The second kappa shape index (κ2) is 5.05. The summed E-state index contributed by atoms with van der Waals surface area (Å²) in [5.74, 6) is 2.48. The van der Waals surface area contributed by atoms with Gasteiger partial charge in [-0.1, -0.05) is 32.1 Å². The van der Waals surface area contributed by atoms with Crippen LogP contribution < -0.4 is 0 Å². The molecule has 2 nitrogen and oxygen atoms in total. The van der Waals surface area contributed by atoms with Crippen molar-refractivity contribution in [2.24, 2.45) is 5.92 Å². The van der Waals surface area contributed by atoms with Gasteiger partial charge in [-0.2, -0.15) is 0 Å². The molecule has 1 N–H and O–H groups in total. The van der Waals surface area contributed by atoms with Crippen molar-refractivity contribution in [1.29, 1.82) is 0 Å². The molecule has 1 fully saturated rings. The molecule has 0 aliphatic heterocycles. The van der Waals surface area contributed by atoms with Gasteiger partial charge in [0.15, 0.2) is 0 Å². The molecule has 2 rings (SSSR count). The number of aliphatic hydroxyl groups is 1. The maximum Gasteiger partial charge on any atom is 0.106 e. The quantitative estimate of drug-likeness (QED) is 0.841. The average molecular weight is 222 g/mol. The van der Waals surface area contributed by atoms with Gasteiger partial charge < -0.3 is 9.52 Å². The van der Waals surface area contributed by atoms with E-state index in [1.54, 1.807) is 0 Å². The van der Waals surface area contributed by atoms with Crippen molar-refractivity contribution in [3.8, 4) is 0 Å². The van der Waals surface area contributed by atoms with E-state index < -0.39 is 0 Å². The Morgan fingerprint density at radius 2 is 2.00 bits per heavy atom. The first kappa shape index (κ1) is 11.7. The number of rotatable bonds is 3. The Kier molecular flexibility index (Phi) is 3.70. The smallest absolute Gasteiger partial charge is 0.106 e. The molecule has 1 aliphatic rings. The molecule has 90 valence electrons. The molecule has 1 atom stereocenters. The molecule has 0 saturated heterocycles. The standard InChI is InChI=1S/C14H22O2/c1-10-8-13(11(2)16-10)14(15)9-12-6-4-3-5-7-12/h8,12,14-15H,3-7,9H2,1-2H3. The lowest BCUT2D eigenvalue weighted by molar-refractivity contribution is 0.130. The molecule has 1 heterocycles. The second-order valence-electron chi connectivity index (χ2n) is 5.12. The summed E-state index contributed by atoms with van der Waals surface area (Å²) in [6.07, 6.45) is 7.18. The van der Waals surface area contributed by atoms with E-state index in [4.69, 9.17) is 4.42 Å². The number of furan rings is 1. The van der Waals surface area contributed by atoms with E-state index in [0.717, 1.165) is 23.5 Å². The molecule has 0 radical (unpaired) electrons. The van der Waals surface area contributed by atoms with Crippen molar-refractivity contribution in [3.05, 3.63) is 23.2 Å². The van der Waals surface area contributed by atoms with Crippen LogP contribution in [0.25, 0.3) is 0 Å². The van der Waals surface area contributed by atoms with Gasteiger partial charge in [0.1, 0.15) is 11.5 Å². The summed E-state index contributed by atoms with van der Waals surface area (Å²) in [5.41, 5.74) is 0.989. The molecule has 1 aliphatic carbocycles. The van der Waals surface area contributed by atoms with Gasteiger partial charge in [0.05, 0.1) is 6.10 Å². The molecule has 1 unspecified atom stereocenters. The van der Waals surface area contributed by atoms with Crippen LogP contribution in [0, 0.1) is 19.8 Å². The van der Waals surface area contributed by atoms with Crippen LogP contribution >= 0.6 is 0 Å². The topological polar surface area (TPSA) is 33.4 Å². The summed E-state index contributed by atoms with van der Waals surface area (Å²) in [5, 5.41) is 10.2. The van der Waals surface area contributed by atoms with Gasteiger partial charge in [-0.15, -0.1) is 0 Å². The fraction of sp³-hybridized carbons (Fsp3) is 0.714. The minimum Gasteiger partial charge on any atom is -0.466 e. The van der Waals surface area contributed by atoms with E-state index >= 15 is 0 Å². The first-order chi connectivity index (χ1) is 7.66. The fourth-order valence-corrected chi connectivity index (χ4v) is 2.85. The fourth-order valence-electron chi connectivity index (χ4n) is 2.85. The third-order valence-corrected chi connectivity index (χ3v) is 3.72. The van der Waals surface area contributed by atoms with E-state index in [-0.39, 0.29) is 6.10 Å². The average Bonchev–Trinajstić information content (AvgIpc) is 2.59. The molecule has 0 bridgehead atoms. The second-order valence-corrected chi connectivity index (χ2v) is 5.12. The van der Waals surface area contributed by atoms with E-state index in [1.807, 2.05) is 19.9 Å². The Morgan fingerprint density at radius 3 is 2.56 bits per heavy atom. The minimum absolute atomic E-state index is 0.333. The monoisotopic (exact) mass is 222 g/mol. The maximum absolute atomic E-state index is 10.2. The van der Waals surface area contributed by atoms with Crippen molar-refractivity contribution in [2.75, 3.05) is 0 Å². The van der Waals surface area contributed by atoms with E-state index in [2.05, 4.69) is 0 Å². The summed E-state index contributed by atoms with van der Waals surface area (Å²) in [7, 11) is 0. The largest absolute Gasteiger partial charge is 0.466 e. The third-order valence-electron chi connectivity index (χ3n) is 3.72. The molecular weight excluding hydrogens is 200 g/mol. The summed E-state index contributed by atoms with van der Waals surface area (Å²) in [6, 6.07) is 1.98. The van der Waals surface area contributed by atoms with Crippen LogP contribution in [0.2, 0.25) is 0 Å². The predicted octanol–water partition coefficient (Wildman–Crippen LogP) is 3.90. The SMILES string of the molecule is Cc1cc(C(O)CC2CCCCC2)c(C)o1. The van der Waals surface area contributed by atoms with Crippen molar-refractivity contribution in [1.82, 2.24) is 0 Å². The van der Waals surface area contributed by atoms with E-state index in [0.29, 0.717) is 5.92 Å². The van der Waals surface area contributed by atoms with Crippen LogP contribution in [0.5, 0.6) is 0 Å². The van der Waals surface area contributed by atoms with Gasteiger partial charge in [0.2, 0.25) is 0 Å². The molecule has 0 amide bonds. The highest BCUT2D eigenvalue weighted by Crippen LogP contribution is 2.33. The predicted molar refractivity (Wildman–Crippen MR) is 64.3 cm³/mol. The highest BCUT2D eigenvalue weighted by molar-refractivity contribution is 5.22. The Hall–Kier alpha value is -0.760. The summed E-state index contributed by atoms with van der Waals surface area (Å²) >= 11 is 0. The van der Waals surface area contributed by atoms with Crippen molar-refractivity contribution >= 4 is 0 Å². The van der Waals surface area contributed by atoms with Gasteiger partial charge in [-0.05, 0) is 32.3 Å². The van der Waals surface area contributed by atoms with Gasteiger partial charge in [-0.3, -0.25) is 0 Å². The van der Waals surface area contributed by atoms with Gasteiger partial charge in [-0.25, -0.2) is 0 Å². The molecule has 1 aromatic rings. The van der Waals surface area contributed by atoms with Crippen LogP contribution in [0.4, 0.5) is 0 Å². The summed E-state index contributed by atoms with van der Waals surface area (Å²) < 4.78 is 5.46. The molecule has 0 aromatic carbocycles. The molecule has 1 saturated carbocycles. The zero-order chi connectivity index (χ0) is 11.5. The zero-order valence-corrected chi connectivity index (χ0v) is 10.3. The number of aryl methyl sites for hydroxylation is 2. The molecule has 1 aromatic heterocycles. The number of aliphatic hydroxyl groups excluding tert-OH is 1. The van der Waals surface area contributed by atoms with Gasteiger partial charge in [0.25, 0.3) is 0 Å². The van der Waals surface area contributed by atoms with Gasteiger partial charge in [0, 0.05) is 5.56 Å². The van der Waals surface area contributed by atoms with Crippen LogP contribution in [-0.4, -0.2) is 5.11 Å². The first-order valence-electron chi connectivity index (χ1n) is 6.42. The molecule has 16 heavy (non-hydrogen) atoms. The van der Waals surface area contributed by atoms with Gasteiger partial charge >= 0.3 is 0 Å². The van der Waals surface area contributed by atoms with E-state index in [1.165, 1.54) is 32.1 Å². The van der Waals surface area contributed by atoms with Crippen molar-refractivity contribution in [2.45, 2.75) is 58.5 Å². The third kappa shape index (κ3) is 2.67. The van der Waals surface area contributed by atoms with Crippen molar-refractivity contribution < 1.29 is 9.52 Å². The normalized spacial score (nSPS) is 19.9. The Balaban J connectivity index is 1.96. The number of hydrogen-bond acceptors (Lipinski definition) is 2. The zero-order valence-electron chi connectivity index (χ0n) is 10.3. The summed E-state index contributed by atoms with van der Waals surface area (Å²) in [4.78, 5) is 0. The Morgan fingerprint density at radius 1 is 1.31 bits per heavy atom. The highest BCUT2D eigenvalue weighted by atomic mass is 16.3. The highest BCUT2D eigenvalue weighted by Gasteiger charge is 2.21. The maximum atomic E-state index is 10.2. The van der Waals surface area contributed by atoms with Crippen molar-refractivity contribution in [3.63, 3.8) is 0 Å². The molecule has 0 spiro atoms. The van der Waals surface area contributed by atoms with Crippen LogP contribution in [-0.2, 0) is 0 Å². The van der Waals surface area contributed by atoms with Crippen LogP contribution in [0.3, 0.4) is 0 Å². The van der Waals surface area contributed by atoms with Crippen LogP contribution in [0.1, 0.15) is 61.7 Å². The Labute approximate surface area is 97.7 Å². The first-order valence-corrected chi connectivity index (χ1v) is 6.42. The molecular formula is C14H22O2. The van der Waals surface area contributed by atoms with E-state index in [9.17, 15) is 5.11 Å². The number of hydrogen-bond donors (Lipinski definition) is 1. The van der Waals surface area contributed by atoms with Crippen LogP contribution in [0.15, 0.2) is 10.5 Å². The lowest BCUT2D eigenvalue weighted by Gasteiger charge is -2.23. The minimum atomic E-state index is -0.333. The summed E-state index contributed by atoms with van der Waals surface area (Å²) in [6.45, 7) is 3.87. The Bertz CT molecular complexity index is 335. The molecule has 2 heteroatoms. The lowest BCUT2D eigenvalue weighted by Crippen LogP contribution is -2.11.